The van der Waals surface area contributed by atoms with Crippen LogP contribution in [0.15, 0.2) is 18.2 Å². The van der Waals surface area contributed by atoms with Gasteiger partial charge < -0.3 is 24.8 Å². The Kier molecular flexibility index (Phi) is 3.25. The molecule has 98 valence electrons. The van der Waals surface area contributed by atoms with Crippen LogP contribution in [0.25, 0.3) is 0 Å². The van der Waals surface area contributed by atoms with Gasteiger partial charge in [-0.25, -0.2) is 0 Å². The summed E-state index contributed by atoms with van der Waals surface area (Å²) in [5.74, 6) is 1.61. The zero-order valence-corrected chi connectivity index (χ0v) is 10.3. The summed E-state index contributed by atoms with van der Waals surface area (Å²) in [6, 6.07) is 6.02. The third-order valence-electron chi connectivity index (χ3n) is 3.42. The first-order valence-electron chi connectivity index (χ1n) is 6.37. The van der Waals surface area contributed by atoms with Gasteiger partial charge in [-0.05, 0) is 12.1 Å². The van der Waals surface area contributed by atoms with Crippen molar-refractivity contribution in [2.75, 3.05) is 44.4 Å². The van der Waals surface area contributed by atoms with Crippen LogP contribution in [0.2, 0.25) is 0 Å². The maximum Gasteiger partial charge on any atom is 0.184 e. The fraction of sp³-hybridized carbons (Fsp3) is 0.538. The molecule has 0 saturated carbocycles. The van der Waals surface area contributed by atoms with Crippen LogP contribution in [0.1, 0.15) is 0 Å². The van der Waals surface area contributed by atoms with Crippen LogP contribution in [0.3, 0.4) is 0 Å². The number of nitrogens with zero attached hydrogens (tertiary/aromatic N) is 1. The molecule has 2 N–H and O–H groups in total. The summed E-state index contributed by atoms with van der Waals surface area (Å²) in [6.45, 7) is 3.89. The lowest BCUT2D eigenvalue weighted by molar-refractivity contribution is 0.171. The fourth-order valence-corrected chi connectivity index (χ4v) is 2.53. The minimum absolute atomic E-state index is 0.0933. The van der Waals surface area contributed by atoms with Gasteiger partial charge in [-0.3, -0.25) is 0 Å². The van der Waals surface area contributed by atoms with E-state index in [1.807, 2.05) is 18.2 Å². The van der Waals surface area contributed by atoms with E-state index in [0.717, 1.165) is 36.8 Å². The molecule has 1 aromatic rings. The second-order valence-corrected chi connectivity index (χ2v) is 4.54. The maximum atomic E-state index is 9.47. The molecular weight excluding hydrogens is 232 g/mol. The highest BCUT2D eigenvalue weighted by Gasteiger charge is 2.26. The lowest BCUT2D eigenvalue weighted by Gasteiger charge is -2.38. The van der Waals surface area contributed by atoms with Gasteiger partial charge in [0.25, 0.3) is 0 Å². The monoisotopic (exact) mass is 250 g/mol. The smallest absolute Gasteiger partial charge is 0.184 e. The van der Waals surface area contributed by atoms with Crippen LogP contribution in [0.5, 0.6) is 11.5 Å². The molecule has 18 heavy (non-hydrogen) atoms. The highest BCUT2D eigenvalue weighted by molar-refractivity contribution is 5.66. The molecular formula is C13H18N2O3. The van der Waals surface area contributed by atoms with Crippen molar-refractivity contribution in [1.82, 2.24) is 5.32 Å². The topological polar surface area (TPSA) is 54.0 Å². The molecule has 1 unspecified atom stereocenters. The number of aliphatic hydroxyl groups excluding tert-OH is 1. The highest BCUT2D eigenvalue weighted by Crippen LogP contribution is 2.40. The molecule has 2 aliphatic heterocycles. The van der Waals surface area contributed by atoms with Crippen molar-refractivity contribution in [3.63, 3.8) is 0 Å². The number of nitrogens with one attached hydrogen (secondary N) is 1. The predicted molar refractivity (Wildman–Crippen MR) is 68.5 cm³/mol. The molecule has 1 atom stereocenters. The third-order valence-corrected chi connectivity index (χ3v) is 3.42. The third kappa shape index (κ3) is 2.00. The van der Waals surface area contributed by atoms with Crippen molar-refractivity contribution >= 4 is 5.69 Å². The zero-order valence-electron chi connectivity index (χ0n) is 10.3. The molecule has 2 heterocycles. The number of ether oxygens (including phenoxy) is 2. The van der Waals surface area contributed by atoms with Gasteiger partial charge in [0, 0.05) is 19.6 Å². The Balaban J connectivity index is 1.95. The van der Waals surface area contributed by atoms with Gasteiger partial charge in [0.15, 0.2) is 11.5 Å². The van der Waals surface area contributed by atoms with Gasteiger partial charge in [-0.15, -0.1) is 0 Å². The molecule has 0 radical (unpaired) electrons. The van der Waals surface area contributed by atoms with Gasteiger partial charge in [0.1, 0.15) is 13.2 Å². The van der Waals surface area contributed by atoms with E-state index in [-0.39, 0.29) is 12.6 Å². The lowest BCUT2D eigenvalue weighted by Crippen LogP contribution is -2.53. The van der Waals surface area contributed by atoms with E-state index in [1.54, 1.807) is 0 Å². The predicted octanol–water partition coefficient (Wildman–Crippen LogP) is 0.228. The standard InChI is InChI=1S/C13H18N2O3/c16-9-10-8-14-4-5-15(10)11-2-1-3-12-13(11)18-7-6-17-12/h1-3,10,14,16H,4-9H2. The van der Waals surface area contributed by atoms with Gasteiger partial charge in [-0.2, -0.15) is 0 Å². The number of aliphatic hydroxyl groups is 1. The van der Waals surface area contributed by atoms with E-state index >= 15 is 0 Å². The first kappa shape index (κ1) is 11.6. The molecule has 0 amide bonds. The van der Waals surface area contributed by atoms with E-state index in [9.17, 15) is 5.11 Å². The average molecular weight is 250 g/mol. The van der Waals surface area contributed by atoms with E-state index in [1.165, 1.54) is 0 Å². The summed E-state index contributed by atoms with van der Waals surface area (Å²) in [5.41, 5.74) is 1.02. The summed E-state index contributed by atoms with van der Waals surface area (Å²) in [5, 5.41) is 12.8. The number of para-hydroxylation sites is 1. The summed E-state index contributed by atoms with van der Waals surface area (Å²) in [7, 11) is 0. The summed E-state index contributed by atoms with van der Waals surface area (Å²) < 4.78 is 11.3. The van der Waals surface area contributed by atoms with Crippen LogP contribution in [-0.4, -0.2) is 50.6 Å². The van der Waals surface area contributed by atoms with Crippen molar-refractivity contribution in [1.29, 1.82) is 0 Å². The molecule has 0 aromatic heterocycles. The summed E-state index contributed by atoms with van der Waals surface area (Å²) in [6.07, 6.45) is 0. The normalized spacial score (nSPS) is 22.9. The number of hydrogen-bond acceptors (Lipinski definition) is 5. The van der Waals surface area contributed by atoms with Crippen LogP contribution in [0, 0.1) is 0 Å². The second kappa shape index (κ2) is 5.04. The molecule has 5 heteroatoms. The zero-order chi connectivity index (χ0) is 12.4. The first-order chi connectivity index (χ1) is 8.90. The average Bonchev–Trinajstić information content (AvgIpc) is 2.46. The van der Waals surface area contributed by atoms with Crippen molar-refractivity contribution in [3.8, 4) is 11.5 Å². The number of piperazine rings is 1. The molecule has 0 aliphatic carbocycles. The Labute approximate surface area is 106 Å². The number of benzene rings is 1. The Hall–Kier alpha value is -1.46. The molecule has 2 aliphatic rings. The number of fused-ring (bicyclic) bond motifs is 1. The minimum atomic E-state index is 0.0933. The van der Waals surface area contributed by atoms with Crippen LogP contribution < -0.4 is 19.7 Å². The highest BCUT2D eigenvalue weighted by atomic mass is 16.6. The fourth-order valence-electron chi connectivity index (χ4n) is 2.53. The van der Waals surface area contributed by atoms with Crippen LogP contribution >= 0.6 is 0 Å². The van der Waals surface area contributed by atoms with Crippen LogP contribution in [-0.2, 0) is 0 Å². The van der Waals surface area contributed by atoms with Crippen molar-refractivity contribution < 1.29 is 14.6 Å². The number of hydrogen-bond donors (Lipinski definition) is 2. The maximum absolute atomic E-state index is 9.47. The molecule has 0 bridgehead atoms. The van der Waals surface area contributed by atoms with E-state index in [0.29, 0.717) is 13.2 Å². The van der Waals surface area contributed by atoms with Crippen LogP contribution in [0.4, 0.5) is 5.69 Å². The SMILES string of the molecule is OCC1CNCCN1c1cccc2c1OCCO2. The van der Waals surface area contributed by atoms with Gasteiger partial charge in [0.05, 0.1) is 18.3 Å². The largest absolute Gasteiger partial charge is 0.486 e. The Morgan fingerprint density at radius 1 is 1.33 bits per heavy atom. The number of rotatable bonds is 2. The first-order valence-corrected chi connectivity index (χ1v) is 6.37. The van der Waals surface area contributed by atoms with E-state index in [4.69, 9.17) is 9.47 Å². The summed E-state index contributed by atoms with van der Waals surface area (Å²) >= 11 is 0. The second-order valence-electron chi connectivity index (χ2n) is 4.54. The van der Waals surface area contributed by atoms with Crippen molar-refractivity contribution in [2.45, 2.75) is 6.04 Å². The van der Waals surface area contributed by atoms with E-state index < -0.39 is 0 Å². The van der Waals surface area contributed by atoms with Gasteiger partial charge in [-0.1, -0.05) is 6.07 Å². The molecule has 0 spiro atoms. The molecule has 3 rings (SSSR count). The molecule has 1 saturated heterocycles. The Bertz CT molecular complexity index is 425. The molecule has 1 fully saturated rings. The lowest BCUT2D eigenvalue weighted by atomic mass is 10.1. The van der Waals surface area contributed by atoms with Gasteiger partial charge in [0.2, 0.25) is 0 Å². The van der Waals surface area contributed by atoms with Crippen molar-refractivity contribution in [3.05, 3.63) is 18.2 Å². The quantitative estimate of drug-likeness (QED) is 0.787. The van der Waals surface area contributed by atoms with Gasteiger partial charge >= 0.3 is 0 Å². The number of anilines is 1. The molecule has 5 nitrogen and oxygen atoms in total. The van der Waals surface area contributed by atoms with Crippen molar-refractivity contribution in [2.24, 2.45) is 0 Å². The Morgan fingerprint density at radius 3 is 3.11 bits per heavy atom. The molecule has 1 aromatic carbocycles. The Morgan fingerprint density at radius 2 is 2.22 bits per heavy atom. The minimum Gasteiger partial charge on any atom is -0.486 e. The van der Waals surface area contributed by atoms with E-state index in [2.05, 4.69) is 10.2 Å². The summed E-state index contributed by atoms with van der Waals surface area (Å²) in [4.78, 5) is 2.20.